The van der Waals surface area contributed by atoms with Gasteiger partial charge in [0.15, 0.2) is 5.76 Å². The van der Waals surface area contributed by atoms with Gasteiger partial charge >= 0.3 is 35.5 Å². The van der Waals surface area contributed by atoms with Gasteiger partial charge in [-0.15, -0.1) is 11.3 Å². The van der Waals surface area contributed by atoms with Crippen LogP contribution in [0, 0.1) is 5.82 Å². The van der Waals surface area contributed by atoms with Crippen LogP contribution < -0.4 is 0 Å². The van der Waals surface area contributed by atoms with Crippen molar-refractivity contribution in [3.05, 3.63) is 52.2 Å². The average molecular weight is 362 g/mol. The molecule has 1 N–H and O–H groups in total. The van der Waals surface area contributed by atoms with Crippen LogP contribution in [0.3, 0.4) is 0 Å². The van der Waals surface area contributed by atoms with Crippen LogP contribution in [0.25, 0.3) is 22.1 Å². The van der Waals surface area contributed by atoms with Gasteiger partial charge in [0.05, 0.1) is 21.3 Å². The van der Waals surface area contributed by atoms with Gasteiger partial charge in [-0.2, -0.15) is 0 Å². The van der Waals surface area contributed by atoms with Crippen molar-refractivity contribution in [2.45, 2.75) is 6.42 Å². The van der Waals surface area contributed by atoms with Crippen molar-refractivity contribution < 1.29 is 18.7 Å². The molecule has 114 valence electrons. The first-order valence-corrected chi connectivity index (χ1v) is 7.45. The Morgan fingerprint density at radius 2 is 1.96 bits per heavy atom. The molecule has 0 aliphatic carbocycles. The van der Waals surface area contributed by atoms with E-state index in [4.69, 9.17) is 21.1 Å². The van der Waals surface area contributed by atoms with Crippen LogP contribution in [0.4, 0.5) is 4.39 Å². The number of aromatic nitrogens is 1. The van der Waals surface area contributed by atoms with E-state index in [2.05, 4.69) is 4.98 Å². The molecule has 3 rings (SSSR count). The Kier molecular flexibility index (Phi) is 6.00. The Hall–Kier alpha value is -1.18. The molecule has 23 heavy (non-hydrogen) atoms. The number of carboxylic acids is 1. The number of carbonyl (C=O) groups is 1. The summed E-state index contributed by atoms with van der Waals surface area (Å²) in [6.45, 7) is 0. The summed E-state index contributed by atoms with van der Waals surface area (Å²) in [6, 6.07) is 9.07. The summed E-state index contributed by atoms with van der Waals surface area (Å²) in [5, 5.41) is 9.01. The summed E-state index contributed by atoms with van der Waals surface area (Å²) in [6.07, 6.45) is -0.268. The van der Waals surface area contributed by atoms with Crippen molar-refractivity contribution in [1.82, 2.24) is 4.98 Å². The van der Waals surface area contributed by atoms with Crippen molar-refractivity contribution in [2.24, 2.45) is 0 Å². The van der Waals surface area contributed by atoms with E-state index in [1.165, 1.54) is 35.6 Å². The van der Waals surface area contributed by atoms with Gasteiger partial charge in [-0.1, -0.05) is 11.6 Å². The number of benzene rings is 1. The van der Waals surface area contributed by atoms with Crippen LogP contribution in [0.15, 0.2) is 40.8 Å². The standard InChI is InChI=1S/C15H9ClFNO3S.Na.H/c16-12-6-5-11(22-12)14-10(7-13(19)20)18-15(21-14)8-1-3-9(17)4-2-8;;/h1-6H,7H2,(H,19,20);;. The normalized spacial score (nSPS) is 10.3. The number of aliphatic carboxylic acids is 1. The molecule has 0 saturated heterocycles. The zero-order valence-electron chi connectivity index (χ0n) is 11.0. The quantitative estimate of drug-likeness (QED) is 0.717. The predicted octanol–water partition coefficient (Wildman–Crippen LogP) is 3.84. The average Bonchev–Trinajstić information content (AvgIpc) is 3.05. The molecule has 8 heteroatoms. The molecule has 0 radical (unpaired) electrons. The van der Waals surface area contributed by atoms with Crippen molar-refractivity contribution in [2.75, 3.05) is 0 Å². The van der Waals surface area contributed by atoms with Crippen molar-refractivity contribution in [3.8, 4) is 22.1 Å². The van der Waals surface area contributed by atoms with Gasteiger partial charge in [-0.25, -0.2) is 9.37 Å². The first-order chi connectivity index (χ1) is 10.5. The van der Waals surface area contributed by atoms with Gasteiger partial charge in [-0.3, -0.25) is 4.79 Å². The van der Waals surface area contributed by atoms with Crippen LogP contribution in [-0.2, 0) is 11.2 Å². The number of hydrogen-bond acceptors (Lipinski definition) is 4. The minimum atomic E-state index is -1.01. The van der Waals surface area contributed by atoms with E-state index in [1.807, 2.05) is 0 Å². The summed E-state index contributed by atoms with van der Waals surface area (Å²) in [5.41, 5.74) is 0.882. The molecule has 0 saturated carbocycles. The van der Waals surface area contributed by atoms with Gasteiger partial charge in [0.2, 0.25) is 5.89 Å². The second-order valence-corrected chi connectivity index (χ2v) is 6.19. The summed E-state index contributed by atoms with van der Waals surface area (Å²) in [7, 11) is 0. The zero-order chi connectivity index (χ0) is 15.7. The number of oxazole rings is 1. The molecule has 0 amide bonds. The molecule has 0 spiro atoms. The zero-order valence-corrected chi connectivity index (χ0v) is 12.6. The molecule has 0 aliphatic rings. The van der Waals surface area contributed by atoms with Gasteiger partial charge in [0.25, 0.3) is 0 Å². The second kappa shape index (κ2) is 7.59. The molecule has 0 fully saturated rings. The molecule has 2 heterocycles. The van der Waals surface area contributed by atoms with Gasteiger partial charge in [-0.05, 0) is 36.4 Å². The molecule has 0 bridgehead atoms. The van der Waals surface area contributed by atoms with Crippen LogP contribution in [0.1, 0.15) is 5.69 Å². The number of thiophene rings is 1. The third-order valence-electron chi connectivity index (χ3n) is 2.90. The maximum atomic E-state index is 13.0. The predicted molar refractivity (Wildman–Crippen MR) is 88.7 cm³/mol. The molecular formula is C15H10ClFNNaO3S. The first-order valence-electron chi connectivity index (χ1n) is 6.26. The summed E-state index contributed by atoms with van der Waals surface area (Å²) < 4.78 is 19.2. The van der Waals surface area contributed by atoms with E-state index in [0.717, 1.165) is 0 Å². The summed E-state index contributed by atoms with van der Waals surface area (Å²) in [5.74, 6) is -0.761. The topological polar surface area (TPSA) is 63.3 Å². The van der Waals surface area contributed by atoms with E-state index in [9.17, 15) is 9.18 Å². The Morgan fingerprint density at radius 1 is 1.26 bits per heavy atom. The van der Waals surface area contributed by atoms with Crippen LogP contribution in [-0.4, -0.2) is 45.6 Å². The number of carboxylic acid groups (broad SMARTS) is 1. The number of hydrogen-bond donors (Lipinski definition) is 1. The summed E-state index contributed by atoms with van der Waals surface area (Å²) in [4.78, 5) is 15.9. The van der Waals surface area contributed by atoms with E-state index in [-0.39, 0.29) is 47.7 Å². The minimum absolute atomic E-state index is 0. The van der Waals surface area contributed by atoms with Crippen LogP contribution in [0.5, 0.6) is 0 Å². The van der Waals surface area contributed by atoms with Gasteiger partial charge in [0, 0.05) is 5.56 Å². The van der Waals surface area contributed by atoms with E-state index < -0.39 is 5.97 Å². The molecular weight excluding hydrogens is 352 g/mol. The second-order valence-electron chi connectivity index (χ2n) is 4.48. The molecule has 3 aromatic rings. The van der Waals surface area contributed by atoms with Gasteiger partial charge in [0.1, 0.15) is 5.82 Å². The number of nitrogens with zero attached hydrogens (tertiary/aromatic N) is 1. The molecule has 0 atom stereocenters. The maximum absolute atomic E-state index is 13.0. The van der Waals surface area contributed by atoms with Crippen molar-refractivity contribution in [1.29, 1.82) is 0 Å². The number of rotatable bonds is 4. The molecule has 2 aromatic heterocycles. The van der Waals surface area contributed by atoms with Crippen molar-refractivity contribution in [3.63, 3.8) is 0 Å². The summed E-state index contributed by atoms with van der Waals surface area (Å²) >= 11 is 7.18. The third kappa shape index (κ3) is 4.22. The Balaban J connectivity index is 0.00000192. The first kappa shape index (κ1) is 18.2. The van der Waals surface area contributed by atoms with E-state index in [0.29, 0.717) is 26.2 Å². The fraction of sp³-hybridized carbons (Fsp3) is 0.0667. The fourth-order valence-electron chi connectivity index (χ4n) is 1.96. The third-order valence-corrected chi connectivity index (χ3v) is 4.13. The molecule has 4 nitrogen and oxygen atoms in total. The van der Waals surface area contributed by atoms with E-state index >= 15 is 0 Å². The Bertz CT molecular complexity index is 832. The monoisotopic (exact) mass is 361 g/mol. The van der Waals surface area contributed by atoms with Crippen LogP contribution >= 0.6 is 22.9 Å². The van der Waals surface area contributed by atoms with Crippen molar-refractivity contribution >= 4 is 58.5 Å². The fourth-order valence-corrected chi connectivity index (χ4v) is 3.01. The Labute approximate surface area is 162 Å². The Morgan fingerprint density at radius 3 is 2.52 bits per heavy atom. The molecule has 0 unspecified atom stereocenters. The SMILES string of the molecule is O=C(O)Cc1nc(-c2ccc(F)cc2)oc1-c1ccc(Cl)s1.[NaH]. The molecule has 1 aromatic carbocycles. The van der Waals surface area contributed by atoms with Crippen LogP contribution in [0.2, 0.25) is 4.34 Å². The van der Waals surface area contributed by atoms with E-state index in [1.54, 1.807) is 12.1 Å². The van der Waals surface area contributed by atoms with Gasteiger partial charge < -0.3 is 9.52 Å². The molecule has 0 aliphatic heterocycles. The number of halogens is 2.